The Morgan fingerprint density at radius 1 is 1.43 bits per heavy atom. The predicted molar refractivity (Wildman–Crippen MR) is 52.6 cm³/mol. The van der Waals surface area contributed by atoms with Gasteiger partial charge < -0.3 is 5.32 Å². The number of aromatic nitrogens is 4. The number of aryl methyl sites for hydroxylation is 2. The molecule has 2 rings (SSSR count). The summed E-state index contributed by atoms with van der Waals surface area (Å²) >= 11 is 0. The number of rotatable bonds is 1. The van der Waals surface area contributed by atoms with Crippen molar-refractivity contribution in [1.82, 2.24) is 19.6 Å². The average Bonchev–Trinajstić information content (AvgIpc) is 2.55. The van der Waals surface area contributed by atoms with Gasteiger partial charge in [-0.05, 0) is 13.8 Å². The van der Waals surface area contributed by atoms with Gasteiger partial charge in [0.05, 0.1) is 0 Å². The third-order valence-electron chi connectivity index (χ3n) is 2.26. The zero-order valence-corrected chi connectivity index (χ0v) is 8.25. The Balaban J connectivity index is 3.00. The zero-order valence-electron chi connectivity index (χ0n) is 8.25. The van der Waals surface area contributed by atoms with Gasteiger partial charge in [0.15, 0.2) is 5.65 Å². The second-order valence-corrected chi connectivity index (χ2v) is 3.08. The molecule has 2 N–H and O–H groups in total. The summed E-state index contributed by atoms with van der Waals surface area (Å²) in [5, 5.41) is 9.19. The Morgan fingerprint density at radius 2 is 2.14 bits per heavy atom. The minimum Gasteiger partial charge on any atom is -0.358 e. The summed E-state index contributed by atoms with van der Waals surface area (Å²) in [6, 6.07) is 0. The highest BCUT2D eigenvalue weighted by molar-refractivity contribution is 5.52. The van der Waals surface area contributed by atoms with Crippen molar-refractivity contribution in [3.8, 4) is 0 Å². The van der Waals surface area contributed by atoms with Crippen LogP contribution < -0.4 is 11.0 Å². The number of hydrogen-bond donors (Lipinski definition) is 2. The van der Waals surface area contributed by atoms with Gasteiger partial charge in [0.25, 0.3) is 0 Å². The number of fused-ring (bicyclic) bond motifs is 1. The molecule has 0 spiro atoms. The monoisotopic (exact) mass is 193 g/mol. The highest BCUT2D eigenvalue weighted by Crippen LogP contribution is 2.12. The summed E-state index contributed by atoms with van der Waals surface area (Å²) < 4.78 is 1.42. The van der Waals surface area contributed by atoms with Crippen LogP contribution in [0.5, 0.6) is 0 Å². The van der Waals surface area contributed by atoms with E-state index in [1.807, 2.05) is 13.8 Å². The quantitative estimate of drug-likeness (QED) is 0.672. The first kappa shape index (κ1) is 8.74. The van der Waals surface area contributed by atoms with Crippen LogP contribution in [0.2, 0.25) is 0 Å². The maximum atomic E-state index is 11.4. The SMILES string of the molecule is CNc1nc(C)c(C)c2n[nH]c(=O)n12. The molecule has 2 aromatic heterocycles. The van der Waals surface area contributed by atoms with E-state index in [1.54, 1.807) is 7.05 Å². The molecule has 0 saturated heterocycles. The second-order valence-electron chi connectivity index (χ2n) is 3.08. The van der Waals surface area contributed by atoms with Gasteiger partial charge in [-0.15, -0.1) is 0 Å². The Hall–Kier alpha value is -1.85. The number of anilines is 1. The van der Waals surface area contributed by atoms with Crippen LogP contribution in [0.1, 0.15) is 11.3 Å². The molecule has 0 radical (unpaired) electrons. The molecule has 0 amide bonds. The zero-order chi connectivity index (χ0) is 10.3. The summed E-state index contributed by atoms with van der Waals surface area (Å²) in [7, 11) is 1.72. The molecule has 2 heterocycles. The molecule has 0 aliphatic carbocycles. The Kier molecular flexibility index (Phi) is 1.77. The largest absolute Gasteiger partial charge is 0.358 e. The van der Waals surface area contributed by atoms with Crippen LogP contribution in [0.15, 0.2) is 4.79 Å². The van der Waals surface area contributed by atoms with Gasteiger partial charge in [-0.25, -0.2) is 19.3 Å². The van der Waals surface area contributed by atoms with E-state index in [2.05, 4.69) is 20.5 Å². The van der Waals surface area contributed by atoms with Gasteiger partial charge in [-0.3, -0.25) is 0 Å². The third-order valence-corrected chi connectivity index (χ3v) is 2.26. The standard InChI is InChI=1S/C8H11N5O/c1-4-5(2)10-7(9-3)13-6(4)11-12-8(13)14/h1-3H3,(H,9,10)(H,12,14). The van der Waals surface area contributed by atoms with Crippen LogP contribution in [-0.4, -0.2) is 26.6 Å². The highest BCUT2D eigenvalue weighted by atomic mass is 16.1. The van der Waals surface area contributed by atoms with Crippen molar-refractivity contribution in [2.45, 2.75) is 13.8 Å². The van der Waals surface area contributed by atoms with Crippen LogP contribution in [-0.2, 0) is 0 Å². The van der Waals surface area contributed by atoms with Gasteiger partial charge in [0.1, 0.15) is 0 Å². The molecule has 0 aromatic carbocycles. The molecule has 0 atom stereocenters. The molecule has 2 aromatic rings. The van der Waals surface area contributed by atoms with Crippen LogP contribution in [0.25, 0.3) is 5.65 Å². The Morgan fingerprint density at radius 3 is 2.79 bits per heavy atom. The van der Waals surface area contributed by atoms with Gasteiger partial charge in [0, 0.05) is 18.3 Å². The fourth-order valence-corrected chi connectivity index (χ4v) is 1.37. The van der Waals surface area contributed by atoms with Crippen molar-refractivity contribution in [2.75, 3.05) is 12.4 Å². The molecule has 6 heteroatoms. The topological polar surface area (TPSA) is 75.1 Å². The maximum absolute atomic E-state index is 11.4. The summed E-state index contributed by atoms with van der Waals surface area (Å²) in [6.45, 7) is 3.77. The van der Waals surface area contributed by atoms with Crippen LogP contribution in [0.4, 0.5) is 5.95 Å². The minimum atomic E-state index is -0.278. The number of hydrogen-bond acceptors (Lipinski definition) is 4. The molecule has 6 nitrogen and oxygen atoms in total. The lowest BCUT2D eigenvalue weighted by Crippen LogP contribution is -2.15. The van der Waals surface area contributed by atoms with Gasteiger partial charge in [-0.2, -0.15) is 5.10 Å². The van der Waals surface area contributed by atoms with Crippen molar-refractivity contribution < 1.29 is 0 Å². The minimum absolute atomic E-state index is 0.278. The van der Waals surface area contributed by atoms with Crippen molar-refractivity contribution in [3.63, 3.8) is 0 Å². The number of aromatic amines is 1. The molecule has 0 saturated carbocycles. The van der Waals surface area contributed by atoms with Crippen LogP contribution >= 0.6 is 0 Å². The molecule has 0 bridgehead atoms. The van der Waals surface area contributed by atoms with Gasteiger partial charge in [-0.1, -0.05) is 0 Å². The number of nitrogens with one attached hydrogen (secondary N) is 2. The van der Waals surface area contributed by atoms with E-state index in [1.165, 1.54) is 4.40 Å². The van der Waals surface area contributed by atoms with Crippen molar-refractivity contribution in [1.29, 1.82) is 0 Å². The summed E-state index contributed by atoms with van der Waals surface area (Å²) in [5.74, 6) is 0.502. The van der Waals surface area contributed by atoms with E-state index in [4.69, 9.17) is 0 Å². The first-order valence-corrected chi connectivity index (χ1v) is 4.27. The maximum Gasteiger partial charge on any atom is 0.350 e. The van der Waals surface area contributed by atoms with Crippen LogP contribution in [0.3, 0.4) is 0 Å². The normalized spacial score (nSPS) is 10.8. The highest BCUT2D eigenvalue weighted by Gasteiger charge is 2.10. The number of H-pyrrole nitrogens is 1. The van der Waals surface area contributed by atoms with Gasteiger partial charge >= 0.3 is 5.69 Å². The Labute approximate surface area is 80.0 Å². The lowest BCUT2D eigenvalue weighted by Gasteiger charge is -2.05. The lowest BCUT2D eigenvalue weighted by atomic mass is 10.2. The molecular weight excluding hydrogens is 182 g/mol. The third kappa shape index (κ3) is 1.00. The molecule has 74 valence electrons. The van der Waals surface area contributed by atoms with E-state index in [9.17, 15) is 4.79 Å². The summed E-state index contributed by atoms with van der Waals surface area (Å²) in [4.78, 5) is 15.6. The second kappa shape index (κ2) is 2.83. The molecular formula is C8H11N5O. The fourth-order valence-electron chi connectivity index (χ4n) is 1.37. The molecule has 14 heavy (non-hydrogen) atoms. The summed E-state index contributed by atoms with van der Waals surface area (Å²) in [5.41, 5.74) is 2.11. The fraction of sp³-hybridized carbons (Fsp3) is 0.375. The average molecular weight is 193 g/mol. The van der Waals surface area contributed by atoms with Crippen LogP contribution in [0, 0.1) is 13.8 Å². The van der Waals surface area contributed by atoms with E-state index >= 15 is 0 Å². The van der Waals surface area contributed by atoms with E-state index in [0.29, 0.717) is 11.6 Å². The molecule has 0 unspecified atom stereocenters. The van der Waals surface area contributed by atoms with Gasteiger partial charge in [0.2, 0.25) is 5.95 Å². The Bertz CT molecular complexity index is 538. The molecule has 0 fully saturated rings. The predicted octanol–water partition coefficient (Wildman–Crippen LogP) is 0.0761. The van der Waals surface area contributed by atoms with E-state index < -0.39 is 0 Å². The first-order chi connectivity index (χ1) is 6.65. The molecule has 0 aliphatic rings. The molecule has 0 aliphatic heterocycles. The smallest absolute Gasteiger partial charge is 0.350 e. The number of nitrogens with zero attached hydrogens (tertiary/aromatic N) is 3. The lowest BCUT2D eigenvalue weighted by molar-refractivity contribution is 0.978. The van der Waals surface area contributed by atoms with Crippen molar-refractivity contribution in [3.05, 3.63) is 21.7 Å². The van der Waals surface area contributed by atoms with E-state index in [-0.39, 0.29) is 5.69 Å². The van der Waals surface area contributed by atoms with Crippen molar-refractivity contribution >= 4 is 11.6 Å². The first-order valence-electron chi connectivity index (χ1n) is 4.27. The summed E-state index contributed by atoms with van der Waals surface area (Å²) in [6.07, 6.45) is 0. The van der Waals surface area contributed by atoms with Crippen molar-refractivity contribution in [2.24, 2.45) is 0 Å². The van der Waals surface area contributed by atoms with E-state index in [0.717, 1.165) is 11.3 Å².